The van der Waals surface area contributed by atoms with Crippen molar-refractivity contribution in [3.05, 3.63) is 21.0 Å². The minimum Gasteiger partial charge on any atom is -0.398 e. The summed E-state index contributed by atoms with van der Waals surface area (Å²) < 4.78 is 24.9. The largest absolute Gasteiger partial charge is 0.398 e. The third-order valence-corrected chi connectivity index (χ3v) is 1.97. The fourth-order valence-electron chi connectivity index (χ4n) is 0.856. The zero-order valence-corrected chi connectivity index (χ0v) is 8.46. The number of carbonyl (C=O) groups is 1. The van der Waals surface area contributed by atoms with E-state index in [0.29, 0.717) is 9.99 Å². The summed E-state index contributed by atoms with van der Waals surface area (Å²) in [5.41, 5.74) is 4.61. The Hall–Kier alpha value is -0.790. The number of halogens is 3. The first kappa shape index (κ1) is 10.3. The molecule has 13 heavy (non-hydrogen) atoms. The number of nitrogens with two attached hydrogens (primary N) is 1. The van der Waals surface area contributed by atoms with Gasteiger partial charge in [-0.1, -0.05) is 0 Å². The Labute approximate surface area is 86.5 Å². The van der Waals surface area contributed by atoms with Gasteiger partial charge in [0, 0.05) is 5.69 Å². The molecule has 0 saturated heterocycles. The fourth-order valence-corrected chi connectivity index (χ4v) is 1.45. The zero-order valence-electron chi connectivity index (χ0n) is 6.30. The summed E-state index contributed by atoms with van der Waals surface area (Å²) in [6, 6.07) is 1.37. The molecule has 0 radical (unpaired) electrons. The van der Waals surface area contributed by atoms with Crippen LogP contribution in [0.3, 0.4) is 0 Å². The highest BCUT2D eigenvalue weighted by molar-refractivity contribution is 14.1. The maximum absolute atomic E-state index is 12.3. The smallest absolute Gasteiger partial charge is 0.281 e. The SMILES string of the molecule is Nc1cc(I)nc(C(F)F)c1C=O. The van der Waals surface area contributed by atoms with Gasteiger partial charge in [0.2, 0.25) is 0 Å². The molecule has 0 unspecified atom stereocenters. The second kappa shape index (κ2) is 3.95. The fraction of sp³-hybridized carbons (Fsp3) is 0.143. The molecule has 0 aliphatic rings. The maximum atomic E-state index is 12.3. The van der Waals surface area contributed by atoms with Gasteiger partial charge in [0.15, 0.2) is 6.29 Å². The Morgan fingerprint density at radius 1 is 1.62 bits per heavy atom. The van der Waals surface area contributed by atoms with E-state index < -0.39 is 12.1 Å². The number of pyridine rings is 1. The molecule has 1 heterocycles. The van der Waals surface area contributed by atoms with Crippen molar-refractivity contribution < 1.29 is 13.6 Å². The summed E-state index contributed by atoms with van der Waals surface area (Å²) in [4.78, 5) is 13.9. The lowest BCUT2D eigenvalue weighted by atomic mass is 10.2. The van der Waals surface area contributed by atoms with E-state index in [1.54, 1.807) is 22.6 Å². The second-order valence-corrected chi connectivity index (χ2v) is 3.36. The number of alkyl halides is 2. The summed E-state index contributed by atoms with van der Waals surface area (Å²) in [6.07, 6.45) is -2.49. The third kappa shape index (κ3) is 2.11. The van der Waals surface area contributed by atoms with Gasteiger partial charge in [-0.2, -0.15) is 0 Å². The van der Waals surface area contributed by atoms with Gasteiger partial charge < -0.3 is 5.73 Å². The number of hydrogen-bond acceptors (Lipinski definition) is 3. The van der Waals surface area contributed by atoms with Crippen LogP contribution in [-0.4, -0.2) is 11.3 Å². The standard InChI is InChI=1S/C7H5F2IN2O/c8-7(9)6-3(2-13)4(11)1-5(10)12-6/h1-2,7H,(H2,11,12). The number of carbonyl (C=O) groups excluding carboxylic acids is 1. The van der Waals surface area contributed by atoms with Gasteiger partial charge >= 0.3 is 0 Å². The first-order chi connectivity index (χ1) is 6.06. The van der Waals surface area contributed by atoms with Crippen LogP contribution >= 0.6 is 22.6 Å². The predicted molar refractivity (Wildman–Crippen MR) is 51.7 cm³/mol. The zero-order chi connectivity index (χ0) is 10.0. The lowest BCUT2D eigenvalue weighted by Gasteiger charge is -2.05. The van der Waals surface area contributed by atoms with Crippen LogP contribution in [0.25, 0.3) is 0 Å². The minimum atomic E-state index is -2.78. The molecule has 1 rings (SSSR count). The minimum absolute atomic E-state index is 0.0321. The van der Waals surface area contributed by atoms with Gasteiger partial charge in [0.25, 0.3) is 6.43 Å². The number of nitrogens with zero attached hydrogens (tertiary/aromatic N) is 1. The lowest BCUT2D eigenvalue weighted by molar-refractivity contribution is 0.110. The number of aromatic nitrogens is 1. The highest BCUT2D eigenvalue weighted by atomic mass is 127. The van der Waals surface area contributed by atoms with Crippen LogP contribution in [0.4, 0.5) is 14.5 Å². The highest BCUT2D eigenvalue weighted by Crippen LogP contribution is 2.24. The summed E-state index contributed by atoms with van der Waals surface area (Å²) in [5.74, 6) is 0. The topological polar surface area (TPSA) is 56.0 Å². The molecule has 1 aromatic rings. The van der Waals surface area contributed by atoms with Crippen LogP contribution < -0.4 is 5.73 Å². The summed E-state index contributed by atoms with van der Waals surface area (Å²) in [5, 5.41) is 0. The summed E-state index contributed by atoms with van der Waals surface area (Å²) in [7, 11) is 0. The van der Waals surface area contributed by atoms with E-state index >= 15 is 0 Å². The molecule has 0 aromatic carbocycles. The normalized spacial score (nSPS) is 10.5. The van der Waals surface area contributed by atoms with E-state index in [1.165, 1.54) is 6.07 Å². The van der Waals surface area contributed by atoms with Crippen molar-refractivity contribution >= 4 is 34.6 Å². The number of rotatable bonds is 2. The molecule has 0 saturated carbocycles. The van der Waals surface area contributed by atoms with E-state index in [0.717, 1.165) is 0 Å². The average Bonchev–Trinajstić information content (AvgIpc) is 2.02. The van der Waals surface area contributed by atoms with Gasteiger partial charge in [-0.05, 0) is 28.7 Å². The van der Waals surface area contributed by atoms with Crippen LogP contribution in [0.2, 0.25) is 0 Å². The molecule has 0 bridgehead atoms. The first-order valence-corrected chi connectivity index (χ1v) is 4.33. The van der Waals surface area contributed by atoms with Gasteiger partial charge in [0.05, 0.1) is 5.56 Å². The van der Waals surface area contributed by atoms with E-state index in [1.807, 2.05) is 0 Å². The number of nitrogen functional groups attached to an aromatic ring is 1. The molecule has 0 fully saturated rings. The summed E-state index contributed by atoms with van der Waals surface area (Å²) in [6.45, 7) is 0. The van der Waals surface area contributed by atoms with Crippen molar-refractivity contribution in [2.45, 2.75) is 6.43 Å². The Morgan fingerprint density at radius 3 is 2.69 bits per heavy atom. The summed E-state index contributed by atoms with van der Waals surface area (Å²) >= 11 is 1.76. The molecule has 6 heteroatoms. The number of hydrogen-bond donors (Lipinski definition) is 1. The Morgan fingerprint density at radius 2 is 2.23 bits per heavy atom. The van der Waals surface area contributed by atoms with Crippen molar-refractivity contribution in [2.75, 3.05) is 5.73 Å². The lowest BCUT2D eigenvalue weighted by Crippen LogP contribution is -2.04. The highest BCUT2D eigenvalue weighted by Gasteiger charge is 2.17. The first-order valence-electron chi connectivity index (χ1n) is 3.25. The van der Waals surface area contributed by atoms with E-state index in [9.17, 15) is 13.6 Å². The Kier molecular flexibility index (Phi) is 3.12. The molecule has 3 nitrogen and oxygen atoms in total. The van der Waals surface area contributed by atoms with Gasteiger partial charge in [-0.3, -0.25) is 4.79 Å². The predicted octanol–water partition coefficient (Wildman–Crippen LogP) is 2.02. The molecule has 0 amide bonds. The molecular formula is C7H5F2IN2O. The maximum Gasteiger partial charge on any atom is 0.281 e. The van der Waals surface area contributed by atoms with Crippen molar-refractivity contribution in [1.82, 2.24) is 4.98 Å². The van der Waals surface area contributed by atoms with Crippen molar-refractivity contribution in [2.24, 2.45) is 0 Å². The van der Waals surface area contributed by atoms with Crippen LogP contribution in [-0.2, 0) is 0 Å². The quantitative estimate of drug-likeness (QED) is 0.516. The Balaban J connectivity index is 3.38. The molecule has 0 aliphatic carbocycles. The molecule has 2 N–H and O–H groups in total. The number of anilines is 1. The van der Waals surface area contributed by atoms with Gasteiger partial charge in [-0.25, -0.2) is 13.8 Å². The van der Waals surface area contributed by atoms with Crippen molar-refractivity contribution in [3.8, 4) is 0 Å². The van der Waals surface area contributed by atoms with E-state index in [-0.39, 0.29) is 11.3 Å². The second-order valence-electron chi connectivity index (χ2n) is 2.25. The molecule has 0 spiro atoms. The molecule has 1 aromatic heterocycles. The monoisotopic (exact) mass is 298 g/mol. The molecular weight excluding hydrogens is 293 g/mol. The van der Waals surface area contributed by atoms with Crippen LogP contribution in [0.15, 0.2) is 6.07 Å². The van der Waals surface area contributed by atoms with Gasteiger partial charge in [-0.15, -0.1) is 0 Å². The van der Waals surface area contributed by atoms with Crippen LogP contribution in [0.5, 0.6) is 0 Å². The van der Waals surface area contributed by atoms with Crippen LogP contribution in [0.1, 0.15) is 22.5 Å². The average molecular weight is 298 g/mol. The van der Waals surface area contributed by atoms with Crippen molar-refractivity contribution in [1.29, 1.82) is 0 Å². The number of aldehydes is 1. The molecule has 0 aliphatic heterocycles. The third-order valence-electron chi connectivity index (χ3n) is 1.41. The molecule has 70 valence electrons. The molecule has 0 atom stereocenters. The van der Waals surface area contributed by atoms with E-state index in [4.69, 9.17) is 5.73 Å². The van der Waals surface area contributed by atoms with Crippen molar-refractivity contribution in [3.63, 3.8) is 0 Å². The van der Waals surface area contributed by atoms with E-state index in [2.05, 4.69) is 4.98 Å². The Bertz CT molecular complexity index is 344. The van der Waals surface area contributed by atoms with Gasteiger partial charge in [0.1, 0.15) is 9.39 Å². The van der Waals surface area contributed by atoms with Crippen LogP contribution in [0, 0.1) is 3.70 Å².